The summed E-state index contributed by atoms with van der Waals surface area (Å²) in [5, 5.41) is -0.480. The van der Waals surface area contributed by atoms with Crippen molar-refractivity contribution in [1.82, 2.24) is 0 Å². The van der Waals surface area contributed by atoms with Gasteiger partial charge in [0.1, 0.15) is 50.9 Å². The third-order valence-electron chi connectivity index (χ3n) is 9.97. The Morgan fingerprint density at radius 2 is 1.10 bits per heavy atom. The van der Waals surface area contributed by atoms with E-state index in [0.717, 1.165) is 0 Å². The summed E-state index contributed by atoms with van der Waals surface area (Å²) in [4.78, 5) is 0. The number of para-hydroxylation sites is 2. The van der Waals surface area contributed by atoms with Crippen molar-refractivity contribution in [3.05, 3.63) is 144 Å². The summed E-state index contributed by atoms with van der Waals surface area (Å²) in [7, 11) is -0.919. The largest absolute Gasteiger partial charge is 0.496 e. The van der Waals surface area contributed by atoms with Gasteiger partial charge in [0.05, 0.1) is 38.3 Å². The zero-order valence-corrected chi connectivity index (χ0v) is 34.3. The van der Waals surface area contributed by atoms with Crippen molar-refractivity contribution in [2.24, 2.45) is 0 Å². The van der Waals surface area contributed by atoms with E-state index in [9.17, 15) is 4.39 Å². The molecule has 9 nitrogen and oxygen atoms in total. The Morgan fingerprint density at radius 1 is 0.623 bits per heavy atom. The highest BCUT2D eigenvalue weighted by molar-refractivity contribution is 7.86. The highest BCUT2D eigenvalue weighted by Crippen LogP contribution is 2.56. The summed E-state index contributed by atoms with van der Waals surface area (Å²) in [6, 6.07) is 29.2. The normalized spacial score (nSPS) is 14.3. The lowest BCUT2D eigenvalue weighted by Crippen LogP contribution is -2.31. The molecule has 1 saturated heterocycles. The van der Waals surface area contributed by atoms with E-state index in [0.29, 0.717) is 24.7 Å². The summed E-state index contributed by atoms with van der Waals surface area (Å²) < 4.78 is 143. The van der Waals surface area contributed by atoms with Crippen LogP contribution >= 0.6 is 7.14 Å². The maximum atomic E-state index is 17.5. The molecule has 7 rings (SSSR count). The van der Waals surface area contributed by atoms with E-state index in [2.05, 4.69) is 0 Å². The topological polar surface area (TPSA) is 90.9 Å². The van der Waals surface area contributed by atoms with Gasteiger partial charge in [0.25, 0.3) is 0 Å². The summed E-state index contributed by atoms with van der Waals surface area (Å²) in [6.45, 7) is 1.67. The Hall–Kier alpha value is -5.92. The minimum atomic E-state index is -4.86. The molecule has 1 fully saturated rings. The molecular weight excluding hydrogens is 822 g/mol. The van der Waals surface area contributed by atoms with Crippen LogP contribution in [0.25, 0.3) is 11.1 Å². The maximum absolute atomic E-state index is 17.5. The second kappa shape index (κ2) is 18.4. The Morgan fingerprint density at radius 3 is 1.59 bits per heavy atom. The highest BCUT2D eigenvalue weighted by atomic mass is 31.2. The Bertz CT molecular complexity index is 2460. The molecule has 61 heavy (non-hydrogen) atoms. The number of hydrogen-bond acceptors (Lipinski definition) is 9. The van der Waals surface area contributed by atoms with Gasteiger partial charge in [0.15, 0.2) is 43.0 Å². The lowest BCUT2D eigenvalue weighted by molar-refractivity contribution is -0.146. The monoisotopic (exact) mass is 862 g/mol. The average Bonchev–Trinajstić information content (AvgIpc) is 3.72. The number of benzene rings is 6. The molecule has 1 aliphatic rings. The van der Waals surface area contributed by atoms with Gasteiger partial charge in [0, 0.05) is 19.1 Å². The molecule has 0 saturated carbocycles. The standard InChI is InChI=1S/C46H40F5O9P/c1-46(57-23-24-58-46)22-21-28-25-31(37-38(47)40(49)42(51)41(50)39(37)48)43(56-27-53-2)36(26-28)61(52,44-32(54-3)17-11-18-33(44)55-4)45-34(59-29-13-7-5-8-14-29)19-12-20-35(45)60-30-15-9-6-10-16-30/h5-20,25-26H,21-24,27H2,1-4H3. The Balaban J connectivity index is 1.67. The molecule has 6 aromatic carbocycles. The van der Waals surface area contributed by atoms with Crippen LogP contribution in [0.1, 0.15) is 18.9 Å². The molecule has 318 valence electrons. The molecule has 1 aliphatic heterocycles. The third-order valence-corrected chi connectivity index (χ3v) is 13.1. The molecule has 1 atom stereocenters. The first-order chi connectivity index (χ1) is 29.4. The molecule has 1 heterocycles. The van der Waals surface area contributed by atoms with Gasteiger partial charge in [-0.25, -0.2) is 22.0 Å². The number of rotatable bonds is 16. The molecule has 0 bridgehead atoms. The molecule has 1 unspecified atom stereocenters. The summed E-state index contributed by atoms with van der Waals surface area (Å²) in [5.41, 5.74) is -1.74. The first kappa shape index (κ1) is 43.2. The van der Waals surface area contributed by atoms with Crippen molar-refractivity contribution in [2.75, 3.05) is 41.3 Å². The zero-order valence-electron chi connectivity index (χ0n) is 33.4. The molecule has 6 aromatic rings. The van der Waals surface area contributed by atoms with Crippen molar-refractivity contribution in [1.29, 1.82) is 0 Å². The van der Waals surface area contributed by atoms with Gasteiger partial charge in [-0.15, -0.1) is 0 Å². The van der Waals surface area contributed by atoms with Crippen molar-refractivity contribution in [3.8, 4) is 51.4 Å². The minimum absolute atomic E-state index is 0.00272. The van der Waals surface area contributed by atoms with Gasteiger partial charge < -0.3 is 42.5 Å². The van der Waals surface area contributed by atoms with Gasteiger partial charge in [0.2, 0.25) is 5.82 Å². The smallest absolute Gasteiger partial charge is 0.200 e. The second-order valence-electron chi connectivity index (χ2n) is 13.9. The third kappa shape index (κ3) is 8.54. The van der Waals surface area contributed by atoms with Crippen LogP contribution in [-0.2, 0) is 25.2 Å². The minimum Gasteiger partial charge on any atom is -0.496 e. The molecule has 0 N–H and O–H groups in total. The van der Waals surface area contributed by atoms with E-state index in [1.807, 2.05) is 0 Å². The second-order valence-corrected chi connectivity index (χ2v) is 16.5. The fourth-order valence-electron chi connectivity index (χ4n) is 7.12. The van der Waals surface area contributed by atoms with E-state index in [4.69, 9.17) is 37.9 Å². The fourth-order valence-corrected chi connectivity index (χ4v) is 10.5. The van der Waals surface area contributed by atoms with Crippen molar-refractivity contribution in [2.45, 2.75) is 25.6 Å². The van der Waals surface area contributed by atoms with Gasteiger partial charge in [-0.3, -0.25) is 0 Å². The fraction of sp³-hybridized carbons (Fsp3) is 0.217. The lowest BCUT2D eigenvalue weighted by atomic mass is 9.97. The number of methoxy groups -OCH3 is 3. The Kier molecular flexibility index (Phi) is 13.0. The Labute approximate surface area is 348 Å². The molecule has 0 aliphatic carbocycles. The van der Waals surface area contributed by atoms with Gasteiger partial charge in [-0.05, 0) is 79.6 Å². The van der Waals surface area contributed by atoms with Crippen LogP contribution in [0.15, 0.2) is 109 Å². The first-order valence-electron chi connectivity index (χ1n) is 18.9. The number of halogens is 5. The number of aryl methyl sites for hydroxylation is 1. The molecule has 15 heteroatoms. The average molecular weight is 863 g/mol. The molecule has 0 spiro atoms. The van der Waals surface area contributed by atoms with Crippen LogP contribution in [0.3, 0.4) is 0 Å². The number of hydrogen-bond donors (Lipinski definition) is 0. The highest BCUT2D eigenvalue weighted by Gasteiger charge is 2.45. The maximum Gasteiger partial charge on any atom is 0.200 e. The first-order valence-corrected chi connectivity index (χ1v) is 20.6. The van der Waals surface area contributed by atoms with Crippen LogP contribution in [0.4, 0.5) is 22.0 Å². The van der Waals surface area contributed by atoms with E-state index in [-0.39, 0.29) is 57.3 Å². The van der Waals surface area contributed by atoms with Crippen LogP contribution in [-0.4, -0.2) is 47.1 Å². The van der Waals surface area contributed by atoms with E-state index in [1.54, 1.807) is 91.9 Å². The van der Waals surface area contributed by atoms with Crippen molar-refractivity contribution >= 4 is 23.1 Å². The molecular formula is C46H40F5O9P. The summed E-state index contributed by atoms with van der Waals surface area (Å²) >= 11 is 0. The van der Waals surface area contributed by atoms with E-state index < -0.39 is 65.7 Å². The van der Waals surface area contributed by atoms with Gasteiger partial charge in [-0.2, -0.15) is 0 Å². The van der Waals surface area contributed by atoms with Crippen LogP contribution in [0.2, 0.25) is 0 Å². The van der Waals surface area contributed by atoms with Crippen LogP contribution in [0.5, 0.6) is 40.2 Å². The molecule has 0 amide bonds. The van der Waals surface area contributed by atoms with Crippen LogP contribution < -0.4 is 39.6 Å². The lowest BCUT2D eigenvalue weighted by Gasteiger charge is -2.30. The van der Waals surface area contributed by atoms with E-state index >= 15 is 22.1 Å². The predicted octanol–water partition coefficient (Wildman–Crippen LogP) is 9.97. The van der Waals surface area contributed by atoms with Crippen molar-refractivity contribution < 1.29 is 64.4 Å². The van der Waals surface area contributed by atoms with Gasteiger partial charge >= 0.3 is 0 Å². The predicted molar refractivity (Wildman–Crippen MR) is 218 cm³/mol. The van der Waals surface area contributed by atoms with E-state index in [1.165, 1.54) is 45.6 Å². The summed E-state index contributed by atoms with van der Waals surface area (Å²) in [6.07, 6.45) is 0.175. The van der Waals surface area contributed by atoms with Crippen molar-refractivity contribution in [3.63, 3.8) is 0 Å². The molecule has 0 aromatic heterocycles. The van der Waals surface area contributed by atoms with Gasteiger partial charge in [-0.1, -0.05) is 48.5 Å². The SMILES string of the molecule is COCOc1c(-c2c(F)c(F)c(F)c(F)c2F)cc(CCC2(C)OCCO2)cc1P(=O)(c1c(OC)cccc1OC)c1c(Oc2ccccc2)cccc1Oc1ccccc1. The zero-order chi connectivity index (χ0) is 43.3. The summed E-state index contributed by atoms with van der Waals surface area (Å²) in [5.74, 6) is -12.0. The number of ether oxygens (including phenoxy) is 8. The quantitative estimate of drug-likeness (QED) is 0.0310. The van der Waals surface area contributed by atoms with Crippen LogP contribution in [0, 0.1) is 29.1 Å². The molecule has 0 radical (unpaired) electrons.